The van der Waals surface area contributed by atoms with Crippen molar-refractivity contribution >= 4 is 0 Å². The van der Waals surface area contributed by atoms with Crippen molar-refractivity contribution in [2.24, 2.45) is 5.92 Å². The number of benzene rings is 2. The standard InChI is InChI=1S/C18H19NO/c1-12-6-8-13(9-7-12)18-19-17-15(11-20-18)10-14-4-2-3-5-16(14)17/h2-9,15,17-19H,10-11H2,1H3/t15-,17+,18-/m1/s1. The van der Waals surface area contributed by atoms with E-state index in [0.717, 1.165) is 13.0 Å². The van der Waals surface area contributed by atoms with Gasteiger partial charge in [-0.2, -0.15) is 0 Å². The van der Waals surface area contributed by atoms with Crippen LogP contribution in [0.25, 0.3) is 0 Å². The molecule has 2 aliphatic rings. The highest BCUT2D eigenvalue weighted by atomic mass is 16.5. The molecule has 1 aliphatic heterocycles. The average molecular weight is 265 g/mol. The van der Waals surface area contributed by atoms with Crippen molar-refractivity contribution in [3.8, 4) is 0 Å². The summed E-state index contributed by atoms with van der Waals surface area (Å²) in [6.45, 7) is 2.95. The zero-order valence-corrected chi connectivity index (χ0v) is 11.7. The summed E-state index contributed by atoms with van der Waals surface area (Å²) < 4.78 is 6.04. The molecule has 1 fully saturated rings. The van der Waals surface area contributed by atoms with Crippen LogP contribution in [0.2, 0.25) is 0 Å². The van der Waals surface area contributed by atoms with E-state index in [1.807, 2.05) is 0 Å². The quantitative estimate of drug-likeness (QED) is 0.851. The fourth-order valence-corrected chi connectivity index (χ4v) is 3.42. The molecule has 0 unspecified atom stereocenters. The van der Waals surface area contributed by atoms with E-state index in [9.17, 15) is 0 Å². The maximum absolute atomic E-state index is 6.04. The first-order valence-corrected chi connectivity index (χ1v) is 7.33. The maximum Gasteiger partial charge on any atom is 0.134 e. The molecule has 1 heterocycles. The second kappa shape index (κ2) is 4.72. The Labute approximate surface area is 119 Å². The third-order valence-electron chi connectivity index (χ3n) is 4.53. The second-order valence-electron chi connectivity index (χ2n) is 5.93. The molecule has 20 heavy (non-hydrogen) atoms. The Kier molecular flexibility index (Phi) is 2.86. The van der Waals surface area contributed by atoms with Crippen LogP contribution in [0.5, 0.6) is 0 Å². The highest BCUT2D eigenvalue weighted by Gasteiger charge is 2.37. The highest BCUT2D eigenvalue weighted by Crippen LogP contribution is 2.41. The van der Waals surface area contributed by atoms with Crippen LogP contribution in [0.15, 0.2) is 48.5 Å². The van der Waals surface area contributed by atoms with E-state index in [4.69, 9.17) is 4.74 Å². The summed E-state index contributed by atoms with van der Waals surface area (Å²) in [7, 11) is 0. The van der Waals surface area contributed by atoms with Gasteiger partial charge in [0.2, 0.25) is 0 Å². The number of ether oxygens (including phenoxy) is 1. The normalized spacial score (nSPS) is 27.9. The van der Waals surface area contributed by atoms with E-state index >= 15 is 0 Å². The first-order valence-electron chi connectivity index (χ1n) is 7.33. The zero-order valence-electron chi connectivity index (χ0n) is 11.7. The van der Waals surface area contributed by atoms with Gasteiger partial charge in [0.25, 0.3) is 0 Å². The van der Waals surface area contributed by atoms with Gasteiger partial charge in [-0.1, -0.05) is 54.1 Å². The summed E-state index contributed by atoms with van der Waals surface area (Å²) in [5.41, 5.74) is 5.44. The van der Waals surface area contributed by atoms with E-state index in [-0.39, 0.29) is 6.23 Å². The molecular formula is C18H19NO. The minimum absolute atomic E-state index is 0.0167. The summed E-state index contributed by atoms with van der Waals surface area (Å²) in [5.74, 6) is 0.578. The molecule has 3 atom stereocenters. The Bertz CT molecular complexity index is 620. The van der Waals surface area contributed by atoms with Gasteiger partial charge >= 0.3 is 0 Å². The first-order chi connectivity index (χ1) is 9.81. The Balaban J connectivity index is 1.61. The van der Waals surface area contributed by atoms with Crippen LogP contribution in [-0.2, 0) is 11.2 Å². The van der Waals surface area contributed by atoms with Gasteiger partial charge in [0.15, 0.2) is 0 Å². The largest absolute Gasteiger partial charge is 0.359 e. The fourth-order valence-electron chi connectivity index (χ4n) is 3.42. The van der Waals surface area contributed by atoms with Crippen LogP contribution in [0.3, 0.4) is 0 Å². The number of hydrogen-bond acceptors (Lipinski definition) is 2. The molecule has 1 saturated heterocycles. The molecule has 0 saturated carbocycles. The van der Waals surface area contributed by atoms with Crippen molar-refractivity contribution < 1.29 is 4.74 Å². The van der Waals surface area contributed by atoms with E-state index < -0.39 is 0 Å². The lowest BCUT2D eigenvalue weighted by Crippen LogP contribution is -2.39. The fraction of sp³-hybridized carbons (Fsp3) is 0.333. The Morgan fingerprint density at radius 3 is 2.70 bits per heavy atom. The second-order valence-corrected chi connectivity index (χ2v) is 5.93. The number of nitrogens with one attached hydrogen (secondary N) is 1. The van der Waals surface area contributed by atoms with Gasteiger partial charge in [-0.3, -0.25) is 5.32 Å². The molecule has 0 bridgehead atoms. The molecule has 0 amide bonds. The van der Waals surface area contributed by atoms with Gasteiger partial charge in [-0.15, -0.1) is 0 Å². The number of rotatable bonds is 1. The zero-order chi connectivity index (χ0) is 13.5. The summed E-state index contributed by atoms with van der Waals surface area (Å²) in [6, 6.07) is 17.8. The highest BCUT2D eigenvalue weighted by molar-refractivity contribution is 5.36. The summed E-state index contributed by atoms with van der Waals surface area (Å²) in [6.07, 6.45) is 1.15. The lowest BCUT2D eigenvalue weighted by molar-refractivity contribution is -0.0494. The van der Waals surface area contributed by atoms with Gasteiger partial charge in [-0.05, 0) is 30.0 Å². The molecule has 2 nitrogen and oxygen atoms in total. The van der Waals surface area contributed by atoms with Crippen molar-refractivity contribution in [2.45, 2.75) is 25.6 Å². The minimum Gasteiger partial charge on any atom is -0.359 e. The molecule has 0 radical (unpaired) electrons. The van der Waals surface area contributed by atoms with Gasteiger partial charge in [0.1, 0.15) is 6.23 Å². The van der Waals surface area contributed by atoms with Crippen molar-refractivity contribution in [1.29, 1.82) is 0 Å². The summed E-state index contributed by atoms with van der Waals surface area (Å²) in [5, 5.41) is 3.69. The van der Waals surface area contributed by atoms with Crippen LogP contribution in [0.1, 0.15) is 34.5 Å². The SMILES string of the molecule is Cc1ccc([C@@H]2N[C@@H]3c4ccccc4C[C@@H]3CO2)cc1. The van der Waals surface area contributed by atoms with Crippen molar-refractivity contribution in [2.75, 3.05) is 6.61 Å². The van der Waals surface area contributed by atoms with Crippen molar-refractivity contribution in [3.05, 3.63) is 70.8 Å². The molecule has 1 aliphatic carbocycles. The van der Waals surface area contributed by atoms with E-state index in [0.29, 0.717) is 12.0 Å². The average Bonchev–Trinajstić information content (AvgIpc) is 2.86. The molecule has 1 N–H and O–H groups in total. The lowest BCUT2D eigenvalue weighted by atomic mass is 9.98. The monoisotopic (exact) mass is 265 g/mol. The Hall–Kier alpha value is -1.64. The molecule has 4 rings (SSSR count). The smallest absolute Gasteiger partial charge is 0.134 e. The molecule has 2 aromatic carbocycles. The van der Waals surface area contributed by atoms with Crippen molar-refractivity contribution in [3.63, 3.8) is 0 Å². The number of fused-ring (bicyclic) bond motifs is 3. The molecule has 2 heteroatoms. The number of hydrogen-bond donors (Lipinski definition) is 1. The van der Waals surface area contributed by atoms with Gasteiger partial charge in [-0.25, -0.2) is 0 Å². The van der Waals surface area contributed by atoms with E-state index in [1.54, 1.807) is 0 Å². The third kappa shape index (κ3) is 1.96. The molecule has 102 valence electrons. The first kappa shape index (κ1) is 12.1. The lowest BCUT2D eigenvalue weighted by Gasteiger charge is -2.34. The van der Waals surface area contributed by atoms with Gasteiger partial charge in [0, 0.05) is 12.0 Å². The molecular weight excluding hydrogens is 246 g/mol. The van der Waals surface area contributed by atoms with Gasteiger partial charge < -0.3 is 4.74 Å². The molecule has 2 aromatic rings. The maximum atomic E-state index is 6.04. The minimum atomic E-state index is 0.0167. The summed E-state index contributed by atoms with van der Waals surface area (Å²) >= 11 is 0. The van der Waals surface area contributed by atoms with Crippen LogP contribution in [-0.4, -0.2) is 6.61 Å². The molecule has 0 spiro atoms. The topological polar surface area (TPSA) is 21.3 Å². The Morgan fingerprint density at radius 1 is 1.05 bits per heavy atom. The summed E-state index contributed by atoms with van der Waals surface area (Å²) in [4.78, 5) is 0. The van der Waals surface area contributed by atoms with Crippen LogP contribution >= 0.6 is 0 Å². The van der Waals surface area contributed by atoms with Crippen LogP contribution < -0.4 is 5.32 Å². The van der Waals surface area contributed by atoms with Crippen LogP contribution in [0.4, 0.5) is 0 Å². The third-order valence-corrected chi connectivity index (χ3v) is 4.53. The van der Waals surface area contributed by atoms with Crippen LogP contribution in [0, 0.1) is 12.8 Å². The number of aryl methyl sites for hydroxylation is 1. The Morgan fingerprint density at radius 2 is 1.85 bits per heavy atom. The van der Waals surface area contributed by atoms with Gasteiger partial charge in [0.05, 0.1) is 6.61 Å². The van der Waals surface area contributed by atoms with E-state index in [2.05, 4.69) is 60.8 Å². The van der Waals surface area contributed by atoms with E-state index in [1.165, 1.54) is 22.3 Å². The predicted molar refractivity (Wildman–Crippen MR) is 79.4 cm³/mol. The predicted octanol–water partition coefficient (Wildman–Crippen LogP) is 3.53. The van der Waals surface area contributed by atoms with Crippen molar-refractivity contribution in [1.82, 2.24) is 5.32 Å². The molecule has 0 aromatic heterocycles.